The highest BCUT2D eigenvalue weighted by Gasteiger charge is 2.23. The van der Waals surface area contributed by atoms with E-state index in [0.717, 1.165) is 37.5 Å². The monoisotopic (exact) mass is 610 g/mol. The zero-order valence-electron chi connectivity index (χ0n) is 28.9. The van der Waals surface area contributed by atoms with Gasteiger partial charge in [-0.1, -0.05) is 115 Å². The molecule has 1 aliphatic rings. The molecule has 0 saturated carbocycles. The molecule has 2 heterocycles. The van der Waals surface area contributed by atoms with Crippen LogP contribution in [0, 0.1) is 23.7 Å². The first-order valence-electron chi connectivity index (χ1n) is 17.6. The standard InChI is InChI=1S/C37H49NO2.C4H9N/c1-7-12-32(23-26(2)3)25-31-21-19-30(20-22-31)18-17-27(4)36(39)34-15-11-16-35(38-34)37(40)29(6)24-28(5)33-13-9-8-10-14-33;1-2-4-5-3-1/h8-11,13-16,19-22,26-29,32H,7,12,17-18,23-25H2,1-6H3;5H,1-4H2. The zero-order chi connectivity index (χ0) is 32.6. The molecule has 4 rings (SSSR count). The molecule has 4 unspecified atom stereocenters. The maximum absolute atomic E-state index is 13.2. The van der Waals surface area contributed by atoms with Crippen molar-refractivity contribution < 1.29 is 9.59 Å². The first-order chi connectivity index (χ1) is 21.7. The Hall–Kier alpha value is -3.11. The number of aromatic nitrogens is 1. The lowest BCUT2D eigenvalue weighted by Crippen LogP contribution is -2.19. The lowest BCUT2D eigenvalue weighted by atomic mass is 9.87. The molecular formula is C41H58N2O2. The van der Waals surface area contributed by atoms with Gasteiger partial charge in [-0.3, -0.25) is 9.59 Å². The lowest BCUT2D eigenvalue weighted by molar-refractivity contribution is 0.0911. The van der Waals surface area contributed by atoms with Crippen molar-refractivity contribution in [3.05, 3.63) is 101 Å². The summed E-state index contributed by atoms with van der Waals surface area (Å²) in [5.74, 6) is 1.43. The molecule has 4 atom stereocenters. The molecule has 1 aliphatic heterocycles. The van der Waals surface area contributed by atoms with E-state index in [1.807, 2.05) is 32.0 Å². The quantitative estimate of drug-likeness (QED) is 0.164. The van der Waals surface area contributed by atoms with Crippen LogP contribution in [0.2, 0.25) is 0 Å². The molecular weight excluding hydrogens is 552 g/mol. The average Bonchev–Trinajstić information content (AvgIpc) is 3.64. The Balaban J connectivity index is 0.00000100. The SMILES string of the molecule is C1CCNC1.CCCC(Cc1ccc(CCC(C)C(=O)c2cccc(C(=O)C(C)CC(C)c3ccccc3)n2)cc1)CC(C)C. The summed E-state index contributed by atoms with van der Waals surface area (Å²) in [4.78, 5) is 30.9. The van der Waals surface area contributed by atoms with E-state index in [1.165, 1.54) is 61.9 Å². The molecule has 0 amide bonds. The van der Waals surface area contributed by atoms with Gasteiger partial charge in [0.05, 0.1) is 0 Å². The Bertz CT molecular complexity index is 1270. The van der Waals surface area contributed by atoms with Crippen molar-refractivity contribution in [2.24, 2.45) is 23.7 Å². The summed E-state index contributed by atoms with van der Waals surface area (Å²) in [6, 6.07) is 24.5. The number of benzene rings is 2. The largest absolute Gasteiger partial charge is 0.317 e. The number of rotatable bonds is 16. The van der Waals surface area contributed by atoms with Crippen LogP contribution in [-0.4, -0.2) is 29.6 Å². The normalized spacial score (nSPS) is 15.5. The van der Waals surface area contributed by atoms with Crippen molar-refractivity contribution in [1.29, 1.82) is 0 Å². The smallest absolute Gasteiger partial charge is 0.184 e. The van der Waals surface area contributed by atoms with Gasteiger partial charge < -0.3 is 5.32 Å². The Labute approximate surface area is 273 Å². The fraction of sp³-hybridized carbons (Fsp3) is 0.537. The van der Waals surface area contributed by atoms with Crippen molar-refractivity contribution in [3.63, 3.8) is 0 Å². The Morgan fingerprint density at radius 1 is 0.711 bits per heavy atom. The lowest BCUT2D eigenvalue weighted by Gasteiger charge is -2.18. The van der Waals surface area contributed by atoms with E-state index < -0.39 is 0 Å². The van der Waals surface area contributed by atoms with Gasteiger partial charge in [0.25, 0.3) is 0 Å². The summed E-state index contributed by atoms with van der Waals surface area (Å²) in [6.45, 7) is 15.5. The van der Waals surface area contributed by atoms with Gasteiger partial charge in [-0.05, 0) is 105 Å². The molecule has 1 fully saturated rings. The van der Waals surface area contributed by atoms with E-state index in [2.05, 4.69) is 74.4 Å². The third kappa shape index (κ3) is 12.7. The van der Waals surface area contributed by atoms with Gasteiger partial charge >= 0.3 is 0 Å². The maximum atomic E-state index is 13.2. The number of nitrogens with one attached hydrogen (secondary N) is 1. The predicted octanol–water partition coefficient (Wildman–Crippen LogP) is 9.92. The average molecular weight is 611 g/mol. The second-order valence-corrected chi connectivity index (χ2v) is 13.8. The van der Waals surface area contributed by atoms with E-state index in [9.17, 15) is 9.59 Å². The van der Waals surface area contributed by atoms with Crippen LogP contribution in [0.3, 0.4) is 0 Å². The van der Waals surface area contributed by atoms with Gasteiger partial charge in [-0.2, -0.15) is 0 Å². The number of aryl methyl sites for hydroxylation is 1. The van der Waals surface area contributed by atoms with Gasteiger partial charge in [-0.15, -0.1) is 0 Å². The van der Waals surface area contributed by atoms with Crippen LogP contribution in [0.25, 0.3) is 0 Å². The molecule has 4 heteroatoms. The van der Waals surface area contributed by atoms with Crippen molar-refractivity contribution in [3.8, 4) is 0 Å². The zero-order valence-corrected chi connectivity index (χ0v) is 28.9. The van der Waals surface area contributed by atoms with E-state index in [-0.39, 0.29) is 29.3 Å². The van der Waals surface area contributed by atoms with Gasteiger partial charge in [-0.25, -0.2) is 4.98 Å². The van der Waals surface area contributed by atoms with E-state index >= 15 is 0 Å². The maximum Gasteiger partial charge on any atom is 0.184 e. The number of carbonyl (C=O) groups excluding carboxylic acids is 2. The van der Waals surface area contributed by atoms with Crippen LogP contribution >= 0.6 is 0 Å². The highest BCUT2D eigenvalue weighted by atomic mass is 16.1. The second-order valence-electron chi connectivity index (χ2n) is 13.8. The molecule has 4 nitrogen and oxygen atoms in total. The van der Waals surface area contributed by atoms with Crippen molar-refractivity contribution in [1.82, 2.24) is 10.3 Å². The van der Waals surface area contributed by atoms with E-state index in [0.29, 0.717) is 11.4 Å². The van der Waals surface area contributed by atoms with Crippen LogP contribution in [0.15, 0.2) is 72.8 Å². The van der Waals surface area contributed by atoms with Crippen LogP contribution < -0.4 is 5.32 Å². The Kier molecular flexibility index (Phi) is 15.7. The minimum Gasteiger partial charge on any atom is -0.317 e. The number of Topliss-reactive ketones (excluding diaryl/α,β-unsaturated/α-hetero) is 2. The van der Waals surface area contributed by atoms with Crippen molar-refractivity contribution in [2.45, 2.75) is 105 Å². The Morgan fingerprint density at radius 2 is 1.31 bits per heavy atom. The first kappa shape index (κ1) is 36.4. The van der Waals surface area contributed by atoms with Crippen LogP contribution in [-0.2, 0) is 12.8 Å². The fourth-order valence-corrected chi connectivity index (χ4v) is 6.46. The van der Waals surface area contributed by atoms with Crippen molar-refractivity contribution >= 4 is 11.6 Å². The van der Waals surface area contributed by atoms with E-state index in [1.54, 1.807) is 18.2 Å². The summed E-state index contributed by atoms with van der Waals surface area (Å²) in [7, 11) is 0. The summed E-state index contributed by atoms with van der Waals surface area (Å²) < 4.78 is 0. The first-order valence-corrected chi connectivity index (χ1v) is 17.6. The van der Waals surface area contributed by atoms with Gasteiger partial charge in [0, 0.05) is 11.8 Å². The summed E-state index contributed by atoms with van der Waals surface area (Å²) in [6.07, 6.45) is 10.1. The number of carbonyl (C=O) groups is 2. The third-order valence-electron chi connectivity index (χ3n) is 9.10. The molecule has 0 radical (unpaired) electrons. The van der Waals surface area contributed by atoms with Crippen LogP contribution in [0.1, 0.15) is 130 Å². The highest BCUT2D eigenvalue weighted by Crippen LogP contribution is 2.26. The molecule has 1 saturated heterocycles. The number of nitrogens with zero attached hydrogens (tertiary/aromatic N) is 1. The minimum atomic E-state index is -0.170. The molecule has 45 heavy (non-hydrogen) atoms. The highest BCUT2D eigenvalue weighted by molar-refractivity contribution is 5.99. The number of hydrogen-bond acceptors (Lipinski definition) is 4. The summed E-state index contributed by atoms with van der Waals surface area (Å²) in [5, 5.41) is 3.22. The third-order valence-corrected chi connectivity index (χ3v) is 9.10. The molecule has 3 aromatic rings. The molecule has 0 bridgehead atoms. The molecule has 1 N–H and O–H groups in total. The van der Waals surface area contributed by atoms with E-state index in [4.69, 9.17) is 0 Å². The van der Waals surface area contributed by atoms with Crippen molar-refractivity contribution in [2.75, 3.05) is 13.1 Å². The summed E-state index contributed by atoms with van der Waals surface area (Å²) >= 11 is 0. The number of ketones is 2. The second kappa shape index (κ2) is 19.4. The topological polar surface area (TPSA) is 59.1 Å². The minimum absolute atomic E-state index is 0.000237. The van der Waals surface area contributed by atoms with Gasteiger partial charge in [0.15, 0.2) is 11.6 Å². The molecule has 1 aromatic heterocycles. The molecule has 0 spiro atoms. The van der Waals surface area contributed by atoms with Gasteiger partial charge in [0.2, 0.25) is 0 Å². The number of pyridine rings is 1. The fourth-order valence-electron chi connectivity index (χ4n) is 6.46. The van der Waals surface area contributed by atoms with Crippen LogP contribution in [0.5, 0.6) is 0 Å². The van der Waals surface area contributed by atoms with Gasteiger partial charge in [0.1, 0.15) is 11.4 Å². The Morgan fingerprint density at radius 3 is 1.87 bits per heavy atom. The number of hydrogen-bond donors (Lipinski definition) is 1. The summed E-state index contributed by atoms with van der Waals surface area (Å²) in [5.41, 5.74) is 4.68. The molecule has 0 aliphatic carbocycles. The molecule has 2 aromatic carbocycles. The molecule has 244 valence electrons. The predicted molar refractivity (Wildman–Crippen MR) is 189 cm³/mol. The van der Waals surface area contributed by atoms with Crippen LogP contribution in [0.4, 0.5) is 0 Å².